The molecule has 3 rings (SSSR count). The Labute approximate surface area is 111 Å². The van der Waals surface area contributed by atoms with Crippen molar-refractivity contribution in [2.24, 2.45) is 0 Å². The molecule has 0 saturated carbocycles. The van der Waals surface area contributed by atoms with Gasteiger partial charge in [-0.15, -0.1) is 0 Å². The van der Waals surface area contributed by atoms with Crippen molar-refractivity contribution in [3.63, 3.8) is 0 Å². The number of hydrogen-bond donors (Lipinski definition) is 2. The third kappa shape index (κ3) is 2.01. The van der Waals surface area contributed by atoms with Gasteiger partial charge in [-0.25, -0.2) is 4.79 Å². The summed E-state index contributed by atoms with van der Waals surface area (Å²) in [6.45, 7) is 1.62. The highest BCUT2D eigenvalue weighted by molar-refractivity contribution is 5.90. The number of carboxylic acid groups (broad SMARTS) is 1. The van der Waals surface area contributed by atoms with Gasteiger partial charge in [0.15, 0.2) is 0 Å². The molecule has 1 aliphatic heterocycles. The second kappa shape index (κ2) is 4.31. The number of rotatable bonds is 2. The van der Waals surface area contributed by atoms with Crippen molar-refractivity contribution in [1.29, 1.82) is 0 Å². The molecule has 2 aromatic rings. The zero-order chi connectivity index (χ0) is 13.4. The van der Waals surface area contributed by atoms with E-state index in [2.05, 4.69) is 17.0 Å². The topological polar surface area (TPSA) is 66.6 Å². The monoisotopic (exact) mass is 254 g/mol. The van der Waals surface area contributed by atoms with Gasteiger partial charge in [0.25, 0.3) is 0 Å². The van der Waals surface area contributed by atoms with Crippen LogP contribution in [0.3, 0.4) is 0 Å². The van der Waals surface area contributed by atoms with E-state index in [1.807, 2.05) is 12.1 Å². The molecular formula is C15H14N2O2. The van der Waals surface area contributed by atoms with Crippen LogP contribution in [0.25, 0.3) is 0 Å². The predicted octanol–water partition coefficient (Wildman–Crippen LogP) is 2.49. The molecule has 4 heteroatoms. The number of aromatic carboxylic acids is 1. The summed E-state index contributed by atoms with van der Waals surface area (Å²) in [5, 5.41) is 8.94. The van der Waals surface area contributed by atoms with Crippen LogP contribution in [0.2, 0.25) is 0 Å². The van der Waals surface area contributed by atoms with Gasteiger partial charge >= 0.3 is 5.97 Å². The van der Waals surface area contributed by atoms with Crippen molar-refractivity contribution >= 4 is 17.3 Å². The van der Waals surface area contributed by atoms with Gasteiger partial charge in [-0.2, -0.15) is 0 Å². The predicted molar refractivity (Wildman–Crippen MR) is 74.1 cm³/mol. The molecule has 2 aromatic carbocycles. The van der Waals surface area contributed by atoms with Gasteiger partial charge < -0.3 is 15.7 Å². The van der Waals surface area contributed by atoms with E-state index < -0.39 is 5.97 Å². The fraction of sp³-hybridized carbons (Fsp3) is 0.133. The first-order valence-corrected chi connectivity index (χ1v) is 6.09. The van der Waals surface area contributed by atoms with Crippen LogP contribution in [0, 0.1) is 0 Å². The van der Waals surface area contributed by atoms with E-state index in [-0.39, 0.29) is 5.56 Å². The Morgan fingerprint density at radius 3 is 2.26 bits per heavy atom. The van der Waals surface area contributed by atoms with Gasteiger partial charge in [-0.1, -0.05) is 24.3 Å². The zero-order valence-corrected chi connectivity index (χ0v) is 10.3. The van der Waals surface area contributed by atoms with Crippen molar-refractivity contribution in [2.45, 2.75) is 13.1 Å². The van der Waals surface area contributed by atoms with Crippen molar-refractivity contribution in [1.82, 2.24) is 0 Å². The van der Waals surface area contributed by atoms with Crippen LogP contribution >= 0.6 is 0 Å². The lowest BCUT2D eigenvalue weighted by molar-refractivity contribution is 0.0697. The lowest BCUT2D eigenvalue weighted by Gasteiger charge is -2.20. The molecule has 96 valence electrons. The molecule has 0 aromatic heterocycles. The molecule has 0 radical (unpaired) electrons. The van der Waals surface area contributed by atoms with E-state index >= 15 is 0 Å². The fourth-order valence-electron chi connectivity index (χ4n) is 2.48. The van der Waals surface area contributed by atoms with Gasteiger partial charge in [0.1, 0.15) is 0 Å². The van der Waals surface area contributed by atoms with Crippen LogP contribution in [0.1, 0.15) is 21.5 Å². The molecule has 0 amide bonds. The third-order valence-electron chi connectivity index (χ3n) is 3.46. The van der Waals surface area contributed by atoms with E-state index in [1.54, 1.807) is 12.1 Å². The molecule has 4 nitrogen and oxygen atoms in total. The maximum atomic E-state index is 10.9. The minimum atomic E-state index is -0.956. The second-order valence-corrected chi connectivity index (χ2v) is 4.70. The van der Waals surface area contributed by atoms with Crippen molar-refractivity contribution < 1.29 is 9.90 Å². The Balaban J connectivity index is 1.91. The molecule has 0 fully saturated rings. The first-order chi connectivity index (χ1) is 9.15. The highest BCUT2D eigenvalue weighted by atomic mass is 16.4. The minimum absolute atomic E-state index is 0.220. The van der Waals surface area contributed by atoms with Crippen molar-refractivity contribution in [2.75, 3.05) is 10.6 Å². The summed E-state index contributed by atoms with van der Waals surface area (Å²) in [5.41, 5.74) is 10.2. The first-order valence-electron chi connectivity index (χ1n) is 6.09. The first kappa shape index (κ1) is 11.6. The molecule has 3 N–H and O–H groups in total. The summed E-state index contributed by atoms with van der Waals surface area (Å²) in [7, 11) is 0. The Hall–Kier alpha value is -2.49. The standard InChI is InChI=1S/C15H14N2O2/c16-13-7-10(15(18)19)5-6-14(13)17-8-11-3-1-2-4-12(11)9-17/h1-7H,8-9,16H2,(H,18,19). The minimum Gasteiger partial charge on any atom is -0.478 e. The third-order valence-corrected chi connectivity index (χ3v) is 3.46. The number of nitrogens with zero attached hydrogens (tertiary/aromatic N) is 1. The number of fused-ring (bicyclic) bond motifs is 1. The van der Waals surface area contributed by atoms with E-state index in [0.29, 0.717) is 5.69 Å². The van der Waals surface area contributed by atoms with Gasteiger partial charge in [0.05, 0.1) is 16.9 Å². The largest absolute Gasteiger partial charge is 0.478 e. The number of carboxylic acids is 1. The maximum Gasteiger partial charge on any atom is 0.335 e. The van der Waals surface area contributed by atoms with Gasteiger partial charge in [-0.05, 0) is 29.3 Å². The summed E-state index contributed by atoms with van der Waals surface area (Å²) in [4.78, 5) is 13.1. The average molecular weight is 254 g/mol. The SMILES string of the molecule is Nc1cc(C(=O)O)ccc1N1Cc2ccccc2C1. The maximum absolute atomic E-state index is 10.9. The zero-order valence-electron chi connectivity index (χ0n) is 10.3. The number of nitrogen functional groups attached to an aromatic ring is 1. The number of benzene rings is 2. The van der Waals surface area contributed by atoms with Crippen LogP contribution in [0.4, 0.5) is 11.4 Å². The van der Waals surface area contributed by atoms with Crippen LogP contribution in [0.15, 0.2) is 42.5 Å². The van der Waals surface area contributed by atoms with Gasteiger partial charge in [0, 0.05) is 13.1 Å². The van der Waals surface area contributed by atoms with E-state index in [0.717, 1.165) is 18.8 Å². The number of hydrogen-bond acceptors (Lipinski definition) is 3. The van der Waals surface area contributed by atoms with Crippen LogP contribution in [0.5, 0.6) is 0 Å². The summed E-state index contributed by atoms with van der Waals surface area (Å²) < 4.78 is 0. The quantitative estimate of drug-likeness (QED) is 0.808. The molecule has 0 saturated heterocycles. The molecule has 0 aliphatic carbocycles. The highest BCUT2D eigenvalue weighted by Crippen LogP contribution is 2.32. The molecule has 1 aliphatic rings. The Kier molecular flexibility index (Phi) is 2.63. The van der Waals surface area contributed by atoms with Crippen molar-refractivity contribution in [3.8, 4) is 0 Å². The molecular weight excluding hydrogens is 240 g/mol. The molecule has 1 heterocycles. The number of nitrogens with two attached hydrogens (primary N) is 1. The Bertz CT molecular complexity index is 627. The van der Waals surface area contributed by atoms with E-state index in [1.165, 1.54) is 17.2 Å². The van der Waals surface area contributed by atoms with Gasteiger partial charge in [0.2, 0.25) is 0 Å². The Morgan fingerprint density at radius 1 is 1.11 bits per heavy atom. The molecule has 19 heavy (non-hydrogen) atoms. The lowest BCUT2D eigenvalue weighted by Crippen LogP contribution is -2.16. The summed E-state index contributed by atoms with van der Waals surface area (Å²) in [5.74, 6) is -0.956. The smallest absolute Gasteiger partial charge is 0.335 e. The van der Waals surface area contributed by atoms with Crippen LogP contribution < -0.4 is 10.6 Å². The summed E-state index contributed by atoms with van der Waals surface area (Å²) in [6.07, 6.45) is 0. The highest BCUT2D eigenvalue weighted by Gasteiger charge is 2.20. The van der Waals surface area contributed by atoms with Gasteiger partial charge in [-0.3, -0.25) is 0 Å². The van der Waals surface area contributed by atoms with Crippen LogP contribution in [-0.4, -0.2) is 11.1 Å². The number of anilines is 2. The molecule has 0 unspecified atom stereocenters. The summed E-state index contributed by atoms with van der Waals surface area (Å²) in [6, 6.07) is 13.2. The summed E-state index contributed by atoms with van der Waals surface area (Å²) >= 11 is 0. The molecule has 0 bridgehead atoms. The lowest BCUT2D eigenvalue weighted by atomic mass is 10.1. The molecule has 0 spiro atoms. The van der Waals surface area contributed by atoms with Crippen LogP contribution in [-0.2, 0) is 13.1 Å². The Morgan fingerprint density at radius 2 is 1.74 bits per heavy atom. The second-order valence-electron chi connectivity index (χ2n) is 4.70. The number of carbonyl (C=O) groups is 1. The fourth-order valence-corrected chi connectivity index (χ4v) is 2.48. The van der Waals surface area contributed by atoms with E-state index in [4.69, 9.17) is 10.8 Å². The van der Waals surface area contributed by atoms with E-state index in [9.17, 15) is 4.79 Å². The van der Waals surface area contributed by atoms with Crippen molar-refractivity contribution in [3.05, 3.63) is 59.2 Å². The average Bonchev–Trinajstić information content (AvgIpc) is 2.81. The normalized spacial score (nSPS) is 13.4. The molecule has 0 atom stereocenters.